The summed E-state index contributed by atoms with van der Waals surface area (Å²) < 4.78 is 4.53. The van der Waals surface area contributed by atoms with Crippen LogP contribution in [0.2, 0.25) is 0 Å². The van der Waals surface area contributed by atoms with Gasteiger partial charge in [-0.05, 0) is 53.8 Å². The van der Waals surface area contributed by atoms with Crippen molar-refractivity contribution in [1.29, 1.82) is 5.26 Å². The fourth-order valence-electron chi connectivity index (χ4n) is 3.86. The van der Waals surface area contributed by atoms with Gasteiger partial charge < -0.3 is 10.1 Å². The third-order valence-electron chi connectivity index (χ3n) is 5.16. The highest BCUT2D eigenvalue weighted by molar-refractivity contribution is 14.1. The lowest BCUT2D eigenvalue weighted by Crippen LogP contribution is -2.11. The summed E-state index contributed by atoms with van der Waals surface area (Å²) in [5.41, 5.74) is 10.6. The minimum atomic E-state index is -0.295. The smallest absolute Gasteiger partial charge is 0.165 e. The molecule has 0 aliphatic carbocycles. The third kappa shape index (κ3) is 2.64. The predicted molar refractivity (Wildman–Crippen MR) is 122 cm³/mol. The topological polar surface area (TPSA) is 111 Å². The zero-order valence-electron chi connectivity index (χ0n) is 15.9. The van der Waals surface area contributed by atoms with E-state index in [0.717, 1.165) is 22.5 Å². The maximum atomic E-state index is 10.1. The molecule has 8 nitrogen and oxygen atoms in total. The molecule has 0 aliphatic rings. The van der Waals surface area contributed by atoms with E-state index in [2.05, 4.69) is 48.7 Å². The van der Waals surface area contributed by atoms with Gasteiger partial charge in [-0.1, -0.05) is 12.1 Å². The highest BCUT2D eigenvalue weighted by Gasteiger charge is 2.28. The minimum Gasteiger partial charge on any atom is -0.383 e. The standard InChI is InChI=1S/C21H15IN8/c1-12(30-21-17(19(22)28-30)20(24)26-11-27-21)16-13(10-23)15-7-3-5-9-29(15)18(16)14-6-2-4-8-25-14/h2-9,11-12H,1H3,(H2,24,26,27). The van der Waals surface area contributed by atoms with Crippen LogP contribution in [-0.2, 0) is 0 Å². The molecule has 1 unspecified atom stereocenters. The maximum Gasteiger partial charge on any atom is 0.165 e. The van der Waals surface area contributed by atoms with E-state index in [9.17, 15) is 5.26 Å². The first-order chi connectivity index (χ1) is 14.6. The van der Waals surface area contributed by atoms with Gasteiger partial charge in [0.15, 0.2) is 5.65 Å². The number of nitrogens with two attached hydrogens (primary N) is 1. The Morgan fingerprint density at radius 3 is 2.73 bits per heavy atom. The first kappa shape index (κ1) is 18.5. The number of nitriles is 1. The lowest BCUT2D eigenvalue weighted by Gasteiger charge is -2.15. The Morgan fingerprint density at radius 1 is 1.13 bits per heavy atom. The van der Waals surface area contributed by atoms with Gasteiger partial charge in [-0.25, -0.2) is 14.6 Å². The predicted octanol–water partition coefficient (Wildman–Crippen LogP) is 3.81. The molecule has 5 aromatic rings. The Balaban J connectivity index is 1.86. The van der Waals surface area contributed by atoms with Crippen LogP contribution in [0.3, 0.4) is 0 Å². The molecule has 0 aliphatic heterocycles. The SMILES string of the molecule is CC(c1c(C#N)c2ccccn2c1-c1ccccn1)n1nc(I)c2c(N)ncnc21. The number of halogens is 1. The Morgan fingerprint density at radius 2 is 1.97 bits per heavy atom. The number of aromatic nitrogens is 6. The van der Waals surface area contributed by atoms with E-state index in [-0.39, 0.29) is 6.04 Å². The van der Waals surface area contributed by atoms with Crippen LogP contribution in [0.1, 0.15) is 24.1 Å². The highest BCUT2D eigenvalue weighted by atomic mass is 127. The molecule has 0 amide bonds. The highest BCUT2D eigenvalue weighted by Crippen LogP contribution is 2.37. The molecule has 0 radical (unpaired) electrons. The molecule has 5 aromatic heterocycles. The van der Waals surface area contributed by atoms with E-state index in [1.165, 1.54) is 6.33 Å². The second-order valence-corrected chi connectivity index (χ2v) is 7.81. The summed E-state index contributed by atoms with van der Waals surface area (Å²) in [5, 5.41) is 15.5. The second-order valence-electron chi connectivity index (χ2n) is 6.79. The fraction of sp³-hybridized carbons (Fsp3) is 0.0952. The molecule has 0 fully saturated rings. The summed E-state index contributed by atoms with van der Waals surface area (Å²) in [6.07, 6.45) is 5.12. The van der Waals surface area contributed by atoms with Crippen molar-refractivity contribution in [2.45, 2.75) is 13.0 Å². The monoisotopic (exact) mass is 506 g/mol. The Kier molecular flexibility index (Phi) is 4.36. The van der Waals surface area contributed by atoms with Gasteiger partial charge >= 0.3 is 0 Å². The van der Waals surface area contributed by atoms with Crippen molar-refractivity contribution in [3.63, 3.8) is 0 Å². The molecular formula is C21H15IN8. The molecule has 0 saturated heterocycles. The number of pyridine rings is 2. The number of anilines is 1. The second kappa shape index (κ2) is 7.07. The lowest BCUT2D eigenvalue weighted by atomic mass is 10.0. The number of nitrogens with zero attached hydrogens (tertiary/aromatic N) is 7. The quantitative estimate of drug-likeness (QED) is 0.373. The first-order valence-electron chi connectivity index (χ1n) is 9.20. The first-order valence-corrected chi connectivity index (χ1v) is 10.3. The van der Waals surface area contributed by atoms with Gasteiger partial charge in [-0.15, -0.1) is 0 Å². The molecule has 5 rings (SSSR count). The Bertz CT molecular complexity index is 1450. The van der Waals surface area contributed by atoms with Crippen LogP contribution in [0.5, 0.6) is 0 Å². The van der Waals surface area contributed by atoms with E-state index in [4.69, 9.17) is 5.73 Å². The van der Waals surface area contributed by atoms with E-state index < -0.39 is 0 Å². The van der Waals surface area contributed by atoms with Crippen molar-refractivity contribution < 1.29 is 0 Å². The molecule has 0 aromatic carbocycles. The summed E-state index contributed by atoms with van der Waals surface area (Å²) in [5.74, 6) is 0.385. The molecule has 146 valence electrons. The Hall–Kier alpha value is -3.52. The number of rotatable bonds is 3. The number of hydrogen-bond donors (Lipinski definition) is 1. The molecule has 0 spiro atoms. The molecule has 1 atom stereocenters. The van der Waals surface area contributed by atoms with Gasteiger partial charge in [0.2, 0.25) is 0 Å². The number of fused-ring (bicyclic) bond motifs is 2. The molecule has 30 heavy (non-hydrogen) atoms. The number of nitrogen functional groups attached to an aromatic ring is 1. The average Bonchev–Trinajstić information content (AvgIpc) is 3.29. The normalized spacial score (nSPS) is 12.3. The van der Waals surface area contributed by atoms with Crippen LogP contribution in [-0.4, -0.2) is 29.1 Å². The Labute approximate surface area is 185 Å². The summed E-state index contributed by atoms with van der Waals surface area (Å²) in [4.78, 5) is 13.1. The summed E-state index contributed by atoms with van der Waals surface area (Å²) >= 11 is 2.14. The van der Waals surface area contributed by atoms with Gasteiger partial charge in [0, 0.05) is 18.0 Å². The zero-order valence-corrected chi connectivity index (χ0v) is 18.0. The van der Waals surface area contributed by atoms with Crippen LogP contribution >= 0.6 is 22.6 Å². The molecule has 0 bridgehead atoms. The molecule has 2 N–H and O–H groups in total. The van der Waals surface area contributed by atoms with Crippen LogP contribution < -0.4 is 5.73 Å². The maximum absolute atomic E-state index is 10.1. The van der Waals surface area contributed by atoms with Crippen LogP contribution in [0, 0.1) is 15.0 Å². The van der Waals surface area contributed by atoms with Crippen molar-refractivity contribution in [1.82, 2.24) is 29.1 Å². The van der Waals surface area contributed by atoms with Gasteiger partial charge in [0.25, 0.3) is 0 Å². The van der Waals surface area contributed by atoms with E-state index >= 15 is 0 Å². The minimum absolute atomic E-state index is 0.295. The number of hydrogen-bond acceptors (Lipinski definition) is 6. The van der Waals surface area contributed by atoms with Gasteiger partial charge in [0.1, 0.15) is 21.9 Å². The molecular weight excluding hydrogens is 491 g/mol. The lowest BCUT2D eigenvalue weighted by molar-refractivity contribution is 0.575. The summed E-state index contributed by atoms with van der Waals surface area (Å²) in [6, 6.07) is 13.7. The average molecular weight is 506 g/mol. The van der Waals surface area contributed by atoms with Gasteiger partial charge in [-0.3, -0.25) is 4.98 Å². The van der Waals surface area contributed by atoms with Crippen molar-refractivity contribution in [2.75, 3.05) is 5.73 Å². The third-order valence-corrected chi connectivity index (χ3v) is 5.92. The van der Waals surface area contributed by atoms with Crippen molar-refractivity contribution >= 4 is 45.0 Å². The van der Waals surface area contributed by atoms with Crippen molar-refractivity contribution in [3.05, 3.63) is 69.9 Å². The summed E-state index contributed by atoms with van der Waals surface area (Å²) in [7, 11) is 0. The van der Waals surface area contributed by atoms with E-state index in [1.807, 2.05) is 53.9 Å². The van der Waals surface area contributed by atoms with E-state index in [0.29, 0.717) is 26.1 Å². The fourth-order valence-corrected chi connectivity index (χ4v) is 4.61. The molecule has 5 heterocycles. The molecule has 9 heteroatoms. The van der Waals surface area contributed by atoms with Gasteiger partial charge in [-0.2, -0.15) is 10.4 Å². The van der Waals surface area contributed by atoms with Crippen molar-refractivity contribution in [2.24, 2.45) is 0 Å². The van der Waals surface area contributed by atoms with Crippen LogP contribution in [0.4, 0.5) is 5.82 Å². The zero-order chi connectivity index (χ0) is 20.8. The van der Waals surface area contributed by atoms with Gasteiger partial charge in [0.05, 0.1) is 33.9 Å². The van der Waals surface area contributed by atoms with Crippen molar-refractivity contribution in [3.8, 4) is 17.5 Å². The largest absolute Gasteiger partial charge is 0.383 e. The van der Waals surface area contributed by atoms with Crippen LogP contribution in [0.25, 0.3) is 27.9 Å². The molecule has 0 saturated carbocycles. The van der Waals surface area contributed by atoms with Crippen LogP contribution in [0.15, 0.2) is 55.1 Å². The van der Waals surface area contributed by atoms with E-state index in [1.54, 1.807) is 10.9 Å². The summed E-state index contributed by atoms with van der Waals surface area (Å²) in [6.45, 7) is 2.00.